The van der Waals surface area contributed by atoms with Gasteiger partial charge in [-0.2, -0.15) is 0 Å². The minimum absolute atomic E-state index is 0.0909. The van der Waals surface area contributed by atoms with Crippen LogP contribution >= 0.6 is 47.8 Å². The summed E-state index contributed by atoms with van der Waals surface area (Å²) in [5, 5.41) is 12.8. The summed E-state index contributed by atoms with van der Waals surface area (Å²) in [6, 6.07) is 3.75. The van der Waals surface area contributed by atoms with Crippen molar-refractivity contribution in [2.45, 2.75) is 18.9 Å². The number of nitrogens with one attached hydrogen (secondary N) is 1. The summed E-state index contributed by atoms with van der Waals surface area (Å²) < 4.78 is 2.53. The van der Waals surface area contributed by atoms with Crippen molar-refractivity contribution >= 4 is 59.4 Å². The van der Waals surface area contributed by atoms with Crippen LogP contribution in [-0.2, 0) is 4.79 Å². The zero-order valence-corrected chi connectivity index (χ0v) is 15.7. The second-order valence-electron chi connectivity index (χ2n) is 5.02. The van der Waals surface area contributed by atoms with Crippen LogP contribution in [0.2, 0.25) is 0 Å². The Hall–Kier alpha value is 0.0500. The summed E-state index contributed by atoms with van der Waals surface area (Å²) in [5.41, 5.74) is 0.100. The van der Waals surface area contributed by atoms with Gasteiger partial charge < -0.3 is 10.4 Å². The van der Waals surface area contributed by atoms with Gasteiger partial charge >= 0.3 is 0 Å². The van der Waals surface area contributed by atoms with Gasteiger partial charge in [0.15, 0.2) is 0 Å². The highest BCUT2D eigenvalue weighted by Crippen LogP contribution is 2.34. The van der Waals surface area contributed by atoms with Crippen LogP contribution < -0.4 is 5.32 Å². The van der Waals surface area contributed by atoms with Crippen LogP contribution in [0.5, 0.6) is 0 Å². The number of likely N-dealkylation sites (tertiary alicyclic amines) is 1. The first-order valence-corrected chi connectivity index (χ1v) is 8.60. The van der Waals surface area contributed by atoms with Gasteiger partial charge in [-0.05, 0) is 50.4 Å². The van der Waals surface area contributed by atoms with Crippen molar-refractivity contribution in [1.29, 1.82) is 0 Å². The third kappa shape index (κ3) is 3.82. The SMILES string of the molecule is CCC1(O)CN(CC(=O)Nc2c(Br)cc(Br)cc2Br)C1. The number of β-amino-alcohol motifs (C(OH)–C–C–N with tert-alkyl or cyclic N) is 1. The van der Waals surface area contributed by atoms with Gasteiger partial charge in [0, 0.05) is 26.5 Å². The van der Waals surface area contributed by atoms with E-state index in [2.05, 4.69) is 53.1 Å². The zero-order valence-electron chi connectivity index (χ0n) is 10.9. The summed E-state index contributed by atoms with van der Waals surface area (Å²) in [6.45, 7) is 3.35. The monoisotopic (exact) mass is 468 g/mol. The molecule has 0 atom stereocenters. The summed E-state index contributed by atoms with van der Waals surface area (Å²) in [5.74, 6) is -0.0909. The number of rotatable bonds is 4. The second-order valence-corrected chi connectivity index (χ2v) is 7.64. The number of benzene rings is 1. The van der Waals surface area contributed by atoms with Crippen molar-refractivity contribution < 1.29 is 9.90 Å². The molecule has 4 nitrogen and oxygen atoms in total. The molecule has 2 rings (SSSR count). The molecule has 2 N–H and O–H groups in total. The number of hydrogen-bond donors (Lipinski definition) is 2. The Morgan fingerprint density at radius 1 is 1.35 bits per heavy atom. The number of nitrogens with zero attached hydrogens (tertiary/aromatic N) is 1. The third-order valence-electron chi connectivity index (χ3n) is 3.33. The van der Waals surface area contributed by atoms with Crippen molar-refractivity contribution in [2.75, 3.05) is 25.0 Å². The molecule has 20 heavy (non-hydrogen) atoms. The minimum Gasteiger partial charge on any atom is -0.387 e. The first-order chi connectivity index (χ1) is 9.33. The first kappa shape index (κ1) is 16.4. The number of anilines is 1. The van der Waals surface area contributed by atoms with Crippen LogP contribution in [0, 0.1) is 0 Å². The molecule has 1 aliphatic rings. The van der Waals surface area contributed by atoms with Crippen molar-refractivity contribution in [3.63, 3.8) is 0 Å². The zero-order chi connectivity index (χ0) is 14.9. The van der Waals surface area contributed by atoms with Crippen LogP contribution in [0.4, 0.5) is 5.69 Å². The lowest BCUT2D eigenvalue weighted by molar-refractivity contribution is -0.128. The summed E-state index contributed by atoms with van der Waals surface area (Å²) in [6.07, 6.45) is 0.717. The minimum atomic E-state index is -0.612. The largest absolute Gasteiger partial charge is 0.387 e. The molecule has 1 heterocycles. The maximum atomic E-state index is 12.0. The van der Waals surface area contributed by atoms with Gasteiger partial charge in [-0.3, -0.25) is 9.69 Å². The molecule has 1 saturated heterocycles. The van der Waals surface area contributed by atoms with Crippen LogP contribution in [0.3, 0.4) is 0 Å². The molecule has 1 aromatic rings. The Morgan fingerprint density at radius 2 is 1.90 bits per heavy atom. The van der Waals surface area contributed by atoms with Gasteiger partial charge in [0.25, 0.3) is 0 Å². The Balaban J connectivity index is 1.93. The third-order valence-corrected chi connectivity index (χ3v) is 5.04. The van der Waals surface area contributed by atoms with Gasteiger partial charge in [0.2, 0.25) is 5.91 Å². The molecule has 0 radical (unpaired) electrons. The van der Waals surface area contributed by atoms with E-state index in [0.29, 0.717) is 18.8 Å². The molecule has 0 aromatic heterocycles. The van der Waals surface area contributed by atoms with E-state index in [1.807, 2.05) is 24.0 Å². The van der Waals surface area contributed by atoms with Gasteiger partial charge in [-0.15, -0.1) is 0 Å². The van der Waals surface area contributed by atoms with Crippen molar-refractivity contribution in [1.82, 2.24) is 4.90 Å². The highest BCUT2D eigenvalue weighted by atomic mass is 79.9. The lowest BCUT2D eigenvalue weighted by Gasteiger charge is -2.45. The fraction of sp³-hybridized carbons (Fsp3) is 0.462. The average Bonchev–Trinajstić information content (AvgIpc) is 2.31. The molecule has 1 aliphatic heterocycles. The summed E-state index contributed by atoms with van der Waals surface area (Å²) in [4.78, 5) is 13.9. The lowest BCUT2D eigenvalue weighted by atomic mass is 9.91. The van der Waals surface area contributed by atoms with E-state index in [4.69, 9.17) is 0 Å². The Kier molecular flexibility index (Phi) is 5.29. The summed E-state index contributed by atoms with van der Waals surface area (Å²) in [7, 11) is 0. The normalized spacial score (nSPS) is 17.6. The highest BCUT2D eigenvalue weighted by molar-refractivity contribution is 9.11. The number of hydrogen-bond acceptors (Lipinski definition) is 3. The van der Waals surface area contributed by atoms with Crippen LogP contribution in [0.25, 0.3) is 0 Å². The standard InChI is InChI=1S/C13H15Br3N2O2/c1-2-13(20)6-18(7-13)5-11(19)17-12-9(15)3-8(14)4-10(12)16/h3-4,20H,2,5-7H2,1H3,(H,17,19). The quantitative estimate of drug-likeness (QED) is 0.709. The fourth-order valence-corrected chi connectivity index (χ4v) is 4.62. The molecule has 1 fully saturated rings. The molecule has 1 aromatic carbocycles. The second kappa shape index (κ2) is 6.44. The van der Waals surface area contributed by atoms with Crippen molar-refractivity contribution in [3.05, 3.63) is 25.6 Å². The molecule has 0 aliphatic carbocycles. The van der Waals surface area contributed by atoms with Crippen LogP contribution in [0.15, 0.2) is 25.6 Å². The number of carbonyl (C=O) groups is 1. The van der Waals surface area contributed by atoms with E-state index >= 15 is 0 Å². The average molecular weight is 471 g/mol. The molecular formula is C13H15Br3N2O2. The van der Waals surface area contributed by atoms with E-state index in [0.717, 1.165) is 19.8 Å². The van der Waals surface area contributed by atoms with Gasteiger partial charge in [-0.25, -0.2) is 0 Å². The maximum Gasteiger partial charge on any atom is 0.238 e. The molecule has 0 saturated carbocycles. The van der Waals surface area contributed by atoms with Crippen LogP contribution in [-0.4, -0.2) is 41.1 Å². The fourth-order valence-electron chi connectivity index (χ4n) is 2.17. The van der Waals surface area contributed by atoms with Crippen molar-refractivity contribution in [2.24, 2.45) is 0 Å². The van der Waals surface area contributed by atoms with Crippen LogP contribution in [0.1, 0.15) is 13.3 Å². The van der Waals surface area contributed by atoms with Gasteiger partial charge in [0.1, 0.15) is 0 Å². The van der Waals surface area contributed by atoms with E-state index in [9.17, 15) is 9.90 Å². The molecule has 0 spiro atoms. The predicted molar refractivity (Wildman–Crippen MR) is 89.9 cm³/mol. The topological polar surface area (TPSA) is 52.6 Å². The summed E-state index contributed by atoms with van der Waals surface area (Å²) >= 11 is 10.2. The van der Waals surface area contributed by atoms with E-state index in [1.165, 1.54) is 0 Å². The molecule has 7 heteroatoms. The molecule has 110 valence electrons. The highest BCUT2D eigenvalue weighted by Gasteiger charge is 2.39. The van der Waals surface area contributed by atoms with E-state index < -0.39 is 5.60 Å². The first-order valence-electron chi connectivity index (χ1n) is 6.22. The number of carbonyl (C=O) groups excluding carboxylic acids is 1. The molecule has 0 bridgehead atoms. The molecule has 0 unspecified atom stereocenters. The van der Waals surface area contributed by atoms with Crippen molar-refractivity contribution in [3.8, 4) is 0 Å². The molecular weight excluding hydrogens is 456 g/mol. The molecule has 1 amide bonds. The number of halogens is 3. The Bertz CT molecular complexity index is 507. The Morgan fingerprint density at radius 3 is 2.40 bits per heavy atom. The number of aliphatic hydroxyl groups is 1. The Labute approximate surface area is 143 Å². The number of amides is 1. The van der Waals surface area contributed by atoms with Gasteiger partial charge in [-0.1, -0.05) is 22.9 Å². The smallest absolute Gasteiger partial charge is 0.238 e. The predicted octanol–water partition coefficient (Wildman–Crippen LogP) is 3.37. The lowest BCUT2D eigenvalue weighted by Crippen LogP contribution is -2.62. The van der Waals surface area contributed by atoms with E-state index in [-0.39, 0.29) is 12.5 Å². The van der Waals surface area contributed by atoms with E-state index in [1.54, 1.807) is 0 Å². The maximum absolute atomic E-state index is 12.0. The van der Waals surface area contributed by atoms with Gasteiger partial charge in [0.05, 0.1) is 17.8 Å².